The van der Waals surface area contributed by atoms with E-state index in [0.29, 0.717) is 23.8 Å². The maximum absolute atomic E-state index is 12.3. The minimum Gasteiger partial charge on any atom is -0.497 e. The van der Waals surface area contributed by atoms with Gasteiger partial charge in [0.25, 0.3) is 0 Å². The van der Waals surface area contributed by atoms with Gasteiger partial charge in [-0.05, 0) is 49.4 Å². The lowest BCUT2D eigenvalue weighted by molar-refractivity contribution is 0.414. The fourth-order valence-corrected chi connectivity index (χ4v) is 3.69. The molecule has 1 aromatic rings. The molecule has 1 atom stereocenters. The van der Waals surface area contributed by atoms with Crippen LogP contribution in [0.1, 0.15) is 18.4 Å². The van der Waals surface area contributed by atoms with Crippen molar-refractivity contribution in [3.05, 3.63) is 23.8 Å². The lowest BCUT2D eigenvalue weighted by atomic mass is 10.2. The molecule has 0 saturated heterocycles. The van der Waals surface area contributed by atoms with E-state index in [1.807, 2.05) is 0 Å². The van der Waals surface area contributed by atoms with Gasteiger partial charge in [0, 0.05) is 12.6 Å². The molecule has 1 aliphatic carbocycles. The first-order valence-corrected chi connectivity index (χ1v) is 7.83. The maximum Gasteiger partial charge on any atom is 0.241 e. The molecule has 1 aromatic carbocycles. The first kappa shape index (κ1) is 14.3. The van der Waals surface area contributed by atoms with Gasteiger partial charge in [0.15, 0.2) is 0 Å². The number of nitrogens with one attached hydrogen (secondary N) is 1. The summed E-state index contributed by atoms with van der Waals surface area (Å²) in [5.41, 5.74) is 6.30. The normalized spacial score (nSPS) is 17.2. The highest BCUT2D eigenvalue weighted by molar-refractivity contribution is 7.89. The quantitative estimate of drug-likeness (QED) is 0.817. The Kier molecular flexibility index (Phi) is 4.13. The third-order valence-corrected chi connectivity index (χ3v) is 5.07. The van der Waals surface area contributed by atoms with Crippen molar-refractivity contribution in [2.24, 2.45) is 11.7 Å². The summed E-state index contributed by atoms with van der Waals surface area (Å²) in [4.78, 5) is 0.285. The van der Waals surface area contributed by atoms with Gasteiger partial charge in [0.1, 0.15) is 5.75 Å². The lowest BCUT2D eigenvalue weighted by Crippen LogP contribution is -2.41. The molecular weight excluding hydrogens is 264 g/mol. The van der Waals surface area contributed by atoms with Gasteiger partial charge in [0.05, 0.1) is 12.0 Å². The second kappa shape index (κ2) is 5.48. The Bertz CT molecular complexity index is 553. The van der Waals surface area contributed by atoms with E-state index in [4.69, 9.17) is 10.5 Å². The van der Waals surface area contributed by atoms with Crippen LogP contribution in [0.5, 0.6) is 5.75 Å². The van der Waals surface area contributed by atoms with E-state index < -0.39 is 10.0 Å². The summed E-state index contributed by atoms with van der Waals surface area (Å²) in [5, 5.41) is 0. The Morgan fingerprint density at radius 2 is 2.16 bits per heavy atom. The molecule has 0 aliphatic heterocycles. The van der Waals surface area contributed by atoms with Crippen molar-refractivity contribution in [3.63, 3.8) is 0 Å². The van der Waals surface area contributed by atoms with E-state index in [2.05, 4.69) is 4.72 Å². The molecule has 3 N–H and O–H groups in total. The Balaban J connectivity index is 2.23. The van der Waals surface area contributed by atoms with E-state index in [9.17, 15) is 8.42 Å². The highest BCUT2D eigenvalue weighted by Gasteiger charge is 2.33. The summed E-state index contributed by atoms with van der Waals surface area (Å²) in [6.07, 6.45) is 2.10. The predicted molar refractivity (Wildman–Crippen MR) is 73.6 cm³/mol. The van der Waals surface area contributed by atoms with E-state index in [1.54, 1.807) is 32.2 Å². The number of ether oxygens (including phenoxy) is 1. The van der Waals surface area contributed by atoms with Gasteiger partial charge < -0.3 is 10.5 Å². The number of sulfonamides is 1. The van der Waals surface area contributed by atoms with Crippen LogP contribution in [0.3, 0.4) is 0 Å². The molecule has 0 spiro atoms. The molecule has 2 rings (SSSR count). The molecule has 0 heterocycles. The second-order valence-corrected chi connectivity index (χ2v) is 6.61. The van der Waals surface area contributed by atoms with Crippen molar-refractivity contribution >= 4 is 10.0 Å². The number of methoxy groups -OCH3 is 1. The smallest absolute Gasteiger partial charge is 0.241 e. The Morgan fingerprint density at radius 3 is 2.63 bits per heavy atom. The van der Waals surface area contributed by atoms with Crippen LogP contribution < -0.4 is 15.2 Å². The zero-order valence-electron chi connectivity index (χ0n) is 11.2. The van der Waals surface area contributed by atoms with Crippen LogP contribution in [0.25, 0.3) is 0 Å². The Labute approximate surface area is 114 Å². The molecular formula is C13H20N2O3S. The molecule has 1 fully saturated rings. The fraction of sp³-hybridized carbons (Fsp3) is 0.538. The SMILES string of the molecule is COc1ccc(S(=O)(=O)NC(CN)C2CC2)c(C)c1. The summed E-state index contributed by atoms with van der Waals surface area (Å²) in [6.45, 7) is 2.09. The highest BCUT2D eigenvalue weighted by atomic mass is 32.2. The number of nitrogens with two attached hydrogens (primary N) is 1. The molecule has 6 heteroatoms. The molecule has 5 nitrogen and oxygen atoms in total. The number of hydrogen-bond acceptors (Lipinski definition) is 4. The molecule has 1 saturated carbocycles. The van der Waals surface area contributed by atoms with Crippen LogP contribution in [0.15, 0.2) is 23.1 Å². The molecule has 0 radical (unpaired) electrons. The standard InChI is InChI=1S/C13H20N2O3S/c1-9-7-11(18-2)5-6-13(9)19(16,17)15-12(8-14)10-3-4-10/h5-7,10,12,15H,3-4,8,14H2,1-2H3. The molecule has 0 bridgehead atoms. The molecule has 0 amide bonds. The van der Waals surface area contributed by atoms with Crippen molar-refractivity contribution in [2.75, 3.05) is 13.7 Å². The first-order valence-electron chi connectivity index (χ1n) is 6.35. The van der Waals surface area contributed by atoms with Gasteiger partial charge in [-0.3, -0.25) is 0 Å². The Morgan fingerprint density at radius 1 is 1.47 bits per heavy atom. The van der Waals surface area contributed by atoms with Crippen molar-refractivity contribution < 1.29 is 13.2 Å². The topological polar surface area (TPSA) is 81.4 Å². The zero-order valence-corrected chi connectivity index (χ0v) is 12.0. The average molecular weight is 284 g/mol. The average Bonchev–Trinajstić information content (AvgIpc) is 3.19. The Hall–Kier alpha value is -1.11. The van der Waals surface area contributed by atoms with E-state index in [0.717, 1.165) is 12.8 Å². The van der Waals surface area contributed by atoms with E-state index in [1.165, 1.54) is 0 Å². The van der Waals surface area contributed by atoms with Crippen molar-refractivity contribution in [2.45, 2.75) is 30.7 Å². The minimum absolute atomic E-state index is 0.161. The summed E-state index contributed by atoms with van der Waals surface area (Å²) < 4.78 is 32.5. The molecule has 1 unspecified atom stereocenters. The number of benzene rings is 1. The number of rotatable bonds is 6. The first-order chi connectivity index (χ1) is 8.97. The summed E-state index contributed by atoms with van der Waals surface area (Å²) in [7, 11) is -1.96. The maximum atomic E-state index is 12.3. The second-order valence-electron chi connectivity index (χ2n) is 4.93. The van der Waals surface area contributed by atoms with Crippen LogP contribution in [0.4, 0.5) is 0 Å². The predicted octanol–water partition coefficient (Wildman–Crippen LogP) is 1.02. The third-order valence-electron chi connectivity index (χ3n) is 3.42. The van der Waals surface area contributed by atoms with E-state index in [-0.39, 0.29) is 10.9 Å². The van der Waals surface area contributed by atoms with E-state index >= 15 is 0 Å². The van der Waals surface area contributed by atoms with Crippen molar-refractivity contribution in [3.8, 4) is 5.75 Å². The third kappa shape index (κ3) is 3.26. The summed E-state index contributed by atoms with van der Waals surface area (Å²) in [5.74, 6) is 1.03. The summed E-state index contributed by atoms with van der Waals surface area (Å²) in [6, 6.07) is 4.77. The largest absolute Gasteiger partial charge is 0.497 e. The lowest BCUT2D eigenvalue weighted by Gasteiger charge is -2.17. The molecule has 106 valence electrons. The monoisotopic (exact) mass is 284 g/mol. The number of aryl methyl sites for hydroxylation is 1. The molecule has 19 heavy (non-hydrogen) atoms. The van der Waals surface area contributed by atoms with Gasteiger partial charge >= 0.3 is 0 Å². The fourth-order valence-electron chi connectivity index (χ4n) is 2.15. The van der Waals surface area contributed by atoms with Crippen molar-refractivity contribution in [1.82, 2.24) is 4.72 Å². The van der Waals surface area contributed by atoms with Crippen LogP contribution >= 0.6 is 0 Å². The molecule has 1 aliphatic rings. The number of hydrogen-bond donors (Lipinski definition) is 2. The highest BCUT2D eigenvalue weighted by Crippen LogP contribution is 2.33. The van der Waals surface area contributed by atoms with Crippen LogP contribution in [-0.2, 0) is 10.0 Å². The van der Waals surface area contributed by atoms with Gasteiger partial charge in [-0.15, -0.1) is 0 Å². The van der Waals surface area contributed by atoms with Crippen LogP contribution in [0.2, 0.25) is 0 Å². The van der Waals surface area contributed by atoms with Crippen LogP contribution in [-0.4, -0.2) is 28.1 Å². The van der Waals surface area contributed by atoms with Crippen LogP contribution in [0, 0.1) is 12.8 Å². The van der Waals surface area contributed by atoms with Gasteiger partial charge in [0.2, 0.25) is 10.0 Å². The van der Waals surface area contributed by atoms with Gasteiger partial charge in [-0.2, -0.15) is 0 Å². The van der Waals surface area contributed by atoms with Gasteiger partial charge in [-0.25, -0.2) is 13.1 Å². The van der Waals surface area contributed by atoms with Gasteiger partial charge in [-0.1, -0.05) is 0 Å². The molecule has 0 aromatic heterocycles. The summed E-state index contributed by atoms with van der Waals surface area (Å²) >= 11 is 0. The van der Waals surface area contributed by atoms with Crippen molar-refractivity contribution in [1.29, 1.82) is 0 Å². The minimum atomic E-state index is -3.52. The zero-order chi connectivity index (χ0) is 14.0.